The SMILES string of the molecule is COC(=O)N[C@H](C(=O)N(Cc1ccc(-c2ccccn2)cc1)Nc1ccc(CC[C@H](C)NC(=O)[C@H]2C[C@@H](N(C)C(=O)O)C2(C)C)cc1O)C(C)(C)C. The summed E-state index contributed by atoms with van der Waals surface area (Å²) in [4.78, 5) is 56.5. The van der Waals surface area contributed by atoms with Crippen LogP contribution in [0.1, 0.15) is 65.5 Å². The van der Waals surface area contributed by atoms with Gasteiger partial charge in [0.05, 0.1) is 25.0 Å². The number of aromatic nitrogens is 1. The maximum Gasteiger partial charge on any atom is 0.407 e. The molecule has 13 heteroatoms. The standard InChI is InChI=1S/C39H52N6O7/c1-24(41-34(47)28-22-32(39(28,5)6)44(7)37(50)51)12-13-25-16-19-30(31(46)21-25)43-45(35(48)33(38(2,3)4)42-36(49)52-8)23-26-14-17-27(18-15-26)29-11-9-10-20-40-29/h9-11,14-21,24,28,32-33,43,46H,12-13,22-23H2,1-8H3,(H,41,47)(H,42,49)(H,50,51)/t24-,28+,32+,33+/m0/s1. The average molecular weight is 717 g/mol. The molecule has 4 rings (SSSR count). The van der Waals surface area contributed by atoms with Crippen LogP contribution in [0.25, 0.3) is 11.3 Å². The molecule has 4 amide bonds. The number of aryl methyl sites for hydroxylation is 1. The number of rotatable bonds is 13. The number of hydrogen-bond donors (Lipinski definition) is 5. The van der Waals surface area contributed by atoms with Crippen LogP contribution in [0.4, 0.5) is 15.3 Å². The molecule has 2 aromatic carbocycles. The van der Waals surface area contributed by atoms with Crippen molar-refractivity contribution in [3.05, 3.63) is 78.0 Å². The number of phenolic OH excluding ortho intramolecular Hbond substituents is 1. The summed E-state index contributed by atoms with van der Waals surface area (Å²) < 4.78 is 4.81. The molecule has 0 spiro atoms. The number of hydrogen-bond acceptors (Lipinski definition) is 8. The molecule has 1 aliphatic rings. The van der Waals surface area contributed by atoms with E-state index in [0.717, 1.165) is 22.4 Å². The van der Waals surface area contributed by atoms with Crippen molar-refractivity contribution < 1.29 is 34.1 Å². The fourth-order valence-electron chi connectivity index (χ4n) is 6.56. The Kier molecular flexibility index (Phi) is 12.4. The number of alkyl carbamates (subject to hydrolysis) is 1. The van der Waals surface area contributed by atoms with Gasteiger partial charge in [-0.1, -0.05) is 71.0 Å². The minimum Gasteiger partial charge on any atom is -0.506 e. The molecule has 4 atom stereocenters. The average Bonchev–Trinajstić information content (AvgIpc) is 3.09. The lowest BCUT2D eigenvalue weighted by molar-refractivity contribution is -0.142. The molecule has 3 aromatic rings. The molecule has 13 nitrogen and oxygen atoms in total. The lowest BCUT2D eigenvalue weighted by atomic mass is 9.57. The van der Waals surface area contributed by atoms with Gasteiger partial charge < -0.3 is 30.5 Å². The number of methoxy groups -OCH3 is 1. The van der Waals surface area contributed by atoms with Crippen molar-refractivity contribution in [2.75, 3.05) is 19.6 Å². The lowest BCUT2D eigenvalue weighted by Crippen LogP contribution is -2.62. The number of anilines is 1. The highest BCUT2D eigenvalue weighted by atomic mass is 16.5. The molecule has 1 aliphatic carbocycles. The van der Waals surface area contributed by atoms with E-state index in [-0.39, 0.29) is 36.2 Å². The van der Waals surface area contributed by atoms with E-state index >= 15 is 0 Å². The number of phenols is 1. The fourth-order valence-corrected chi connectivity index (χ4v) is 6.56. The zero-order valence-electron chi connectivity index (χ0n) is 31.3. The smallest absolute Gasteiger partial charge is 0.407 e. The minimum atomic E-state index is -1.01. The van der Waals surface area contributed by atoms with Gasteiger partial charge in [0.15, 0.2) is 0 Å². The number of pyridine rings is 1. The third-order valence-electron chi connectivity index (χ3n) is 9.96. The first-order valence-electron chi connectivity index (χ1n) is 17.4. The van der Waals surface area contributed by atoms with E-state index in [1.165, 1.54) is 24.1 Å². The highest BCUT2D eigenvalue weighted by molar-refractivity contribution is 5.87. The maximum atomic E-state index is 14.1. The van der Waals surface area contributed by atoms with Crippen molar-refractivity contribution in [3.8, 4) is 17.0 Å². The molecular formula is C39H52N6O7. The van der Waals surface area contributed by atoms with Gasteiger partial charge in [0, 0.05) is 36.8 Å². The van der Waals surface area contributed by atoms with Gasteiger partial charge in [0.25, 0.3) is 5.91 Å². The zero-order chi connectivity index (χ0) is 38.4. The quantitative estimate of drug-likeness (QED) is 0.104. The van der Waals surface area contributed by atoms with Crippen molar-refractivity contribution in [2.24, 2.45) is 16.7 Å². The normalized spacial score (nSPS) is 17.5. The van der Waals surface area contributed by atoms with Crippen LogP contribution < -0.4 is 16.1 Å². The van der Waals surface area contributed by atoms with Crippen LogP contribution in [0.3, 0.4) is 0 Å². The Morgan fingerprint density at radius 3 is 2.25 bits per heavy atom. The number of carboxylic acid groups (broad SMARTS) is 1. The summed E-state index contributed by atoms with van der Waals surface area (Å²) in [6, 6.07) is 17.1. The summed E-state index contributed by atoms with van der Waals surface area (Å²) in [7, 11) is 2.77. The van der Waals surface area contributed by atoms with Crippen LogP contribution in [0, 0.1) is 16.7 Å². The van der Waals surface area contributed by atoms with Crippen LogP contribution in [0.5, 0.6) is 5.75 Å². The Bertz CT molecular complexity index is 1730. The van der Waals surface area contributed by atoms with Crippen molar-refractivity contribution in [1.29, 1.82) is 0 Å². The molecule has 0 saturated heterocycles. The molecule has 1 fully saturated rings. The van der Waals surface area contributed by atoms with Gasteiger partial charge in [0.2, 0.25) is 5.91 Å². The number of nitrogens with zero attached hydrogens (tertiary/aromatic N) is 3. The van der Waals surface area contributed by atoms with Gasteiger partial charge in [-0.25, -0.2) is 14.6 Å². The lowest BCUT2D eigenvalue weighted by Gasteiger charge is -2.53. The van der Waals surface area contributed by atoms with Crippen molar-refractivity contribution in [2.45, 2.75) is 85.5 Å². The van der Waals surface area contributed by atoms with E-state index in [1.54, 1.807) is 18.3 Å². The number of hydrazine groups is 1. The number of carbonyl (C=O) groups excluding carboxylic acids is 3. The topological polar surface area (TPSA) is 173 Å². The summed E-state index contributed by atoms with van der Waals surface area (Å²) in [6.45, 7) is 11.4. The van der Waals surface area contributed by atoms with Gasteiger partial charge in [-0.15, -0.1) is 0 Å². The van der Waals surface area contributed by atoms with Crippen LogP contribution in [-0.4, -0.2) is 81.4 Å². The second kappa shape index (κ2) is 16.3. The summed E-state index contributed by atoms with van der Waals surface area (Å²) in [5.74, 6) is -0.895. The Morgan fingerprint density at radius 1 is 1.02 bits per heavy atom. The molecule has 0 unspecified atom stereocenters. The third-order valence-corrected chi connectivity index (χ3v) is 9.96. The Labute approximate surface area is 305 Å². The number of carbonyl (C=O) groups is 4. The molecule has 0 aliphatic heterocycles. The summed E-state index contributed by atoms with van der Waals surface area (Å²) in [5.41, 5.74) is 5.59. The maximum absolute atomic E-state index is 14.1. The molecule has 5 N–H and O–H groups in total. The molecular weight excluding hydrogens is 664 g/mol. The first kappa shape index (κ1) is 39.5. The first-order chi connectivity index (χ1) is 24.4. The fraction of sp³-hybridized carbons (Fsp3) is 0.462. The van der Waals surface area contributed by atoms with E-state index in [2.05, 4.69) is 21.0 Å². The highest BCUT2D eigenvalue weighted by Crippen LogP contribution is 2.48. The van der Waals surface area contributed by atoms with Crippen molar-refractivity contribution in [1.82, 2.24) is 25.5 Å². The number of amides is 4. The number of aromatic hydroxyl groups is 1. The largest absolute Gasteiger partial charge is 0.506 e. The first-order valence-corrected chi connectivity index (χ1v) is 17.4. The number of nitrogens with one attached hydrogen (secondary N) is 3. The predicted molar refractivity (Wildman–Crippen MR) is 198 cm³/mol. The van der Waals surface area contributed by atoms with E-state index < -0.39 is 35.0 Å². The van der Waals surface area contributed by atoms with Gasteiger partial charge >= 0.3 is 12.2 Å². The second-order valence-electron chi connectivity index (χ2n) is 15.2. The zero-order valence-corrected chi connectivity index (χ0v) is 31.3. The summed E-state index contributed by atoms with van der Waals surface area (Å²) >= 11 is 0. The summed E-state index contributed by atoms with van der Waals surface area (Å²) in [6.07, 6.45) is 1.62. The minimum absolute atomic E-state index is 0.0736. The second-order valence-corrected chi connectivity index (χ2v) is 15.2. The number of benzene rings is 2. The molecule has 280 valence electrons. The van der Waals surface area contributed by atoms with E-state index in [0.29, 0.717) is 24.9 Å². The van der Waals surface area contributed by atoms with E-state index in [1.807, 2.05) is 90.1 Å². The Hall–Kier alpha value is -5.33. The van der Waals surface area contributed by atoms with Crippen LogP contribution in [-0.2, 0) is 27.3 Å². The third kappa shape index (κ3) is 9.51. The molecule has 1 aromatic heterocycles. The molecule has 0 bridgehead atoms. The van der Waals surface area contributed by atoms with Crippen LogP contribution >= 0.6 is 0 Å². The predicted octanol–water partition coefficient (Wildman–Crippen LogP) is 6.04. The van der Waals surface area contributed by atoms with Crippen LogP contribution in [0.2, 0.25) is 0 Å². The molecule has 0 radical (unpaired) electrons. The van der Waals surface area contributed by atoms with E-state index in [9.17, 15) is 29.4 Å². The molecule has 1 heterocycles. The summed E-state index contributed by atoms with van der Waals surface area (Å²) in [5, 5.41) is 27.6. The van der Waals surface area contributed by atoms with Gasteiger partial charge in [-0.05, 0) is 72.4 Å². The molecule has 52 heavy (non-hydrogen) atoms. The van der Waals surface area contributed by atoms with Gasteiger partial charge in [0.1, 0.15) is 11.8 Å². The van der Waals surface area contributed by atoms with Gasteiger partial charge in [-0.3, -0.25) is 20.0 Å². The highest BCUT2D eigenvalue weighted by Gasteiger charge is 2.54. The molecule has 1 saturated carbocycles. The Morgan fingerprint density at radius 2 is 1.69 bits per heavy atom. The number of ether oxygens (including phenoxy) is 1. The Balaban J connectivity index is 1.45. The van der Waals surface area contributed by atoms with Crippen LogP contribution in [0.15, 0.2) is 66.9 Å². The van der Waals surface area contributed by atoms with E-state index in [4.69, 9.17) is 4.74 Å². The van der Waals surface area contributed by atoms with Gasteiger partial charge in [-0.2, -0.15) is 0 Å². The monoisotopic (exact) mass is 716 g/mol. The van der Waals surface area contributed by atoms with Crippen molar-refractivity contribution in [3.63, 3.8) is 0 Å². The van der Waals surface area contributed by atoms with Crippen molar-refractivity contribution >= 4 is 29.7 Å².